The van der Waals surface area contributed by atoms with Crippen LogP contribution in [0, 0.1) is 17.2 Å². The zero-order chi connectivity index (χ0) is 21.7. The summed E-state index contributed by atoms with van der Waals surface area (Å²) in [5.74, 6) is 1.16. The molecule has 158 valence electrons. The third-order valence-electron chi connectivity index (χ3n) is 6.25. The Labute approximate surface area is 190 Å². The topological polar surface area (TPSA) is 27.0 Å². The Balaban J connectivity index is 2.04. The van der Waals surface area contributed by atoms with Gasteiger partial charge in [-0.1, -0.05) is 53.6 Å². The smallest absolute Gasteiger partial charge is 0.101 e. The minimum atomic E-state index is 0.391. The summed E-state index contributed by atoms with van der Waals surface area (Å²) in [5.41, 5.74) is 7.04. The van der Waals surface area contributed by atoms with Crippen LogP contribution in [0.2, 0.25) is 0 Å². The second-order valence-electron chi connectivity index (χ2n) is 9.00. The van der Waals surface area contributed by atoms with Crippen LogP contribution in [0.4, 0.5) is 5.69 Å². The fourth-order valence-electron chi connectivity index (χ4n) is 4.27. The van der Waals surface area contributed by atoms with Crippen LogP contribution >= 0.6 is 15.9 Å². The van der Waals surface area contributed by atoms with Crippen LogP contribution in [0.3, 0.4) is 0 Å². The summed E-state index contributed by atoms with van der Waals surface area (Å²) < 4.78 is 1.09. The van der Waals surface area contributed by atoms with Gasteiger partial charge in [0.2, 0.25) is 0 Å². The number of allylic oxidation sites excluding steroid dienone is 2. The molecule has 1 heterocycles. The van der Waals surface area contributed by atoms with E-state index in [1.54, 1.807) is 0 Å². The van der Waals surface area contributed by atoms with Gasteiger partial charge in [-0.3, -0.25) is 0 Å². The summed E-state index contributed by atoms with van der Waals surface area (Å²) in [4.78, 5) is 2.42. The van der Waals surface area contributed by atoms with Crippen LogP contribution in [0.1, 0.15) is 70.4 Å². The summed E-state index contributed by atoms with van der Waals surface area (Å²) >= 11 is 3.56. The molecular weight excluding hydrogens is 432 g/mol. The molecule has 0 amide bonds. The van der Waals surface area contributed by atoms with Crippen molar-refractivity contribution in [1.82, 2.24) is 0 Å². The molecule has 3 rings (SSSR count). The molecule has 30 heavy (non-hydrogen) atoms. The molecular formula is C27H33BrN2. The second kappa shape index (κ2) is 10.3. The van der Waals surface area contributed by atoms with Crippen LogP contribution in [0.25, 0.3) is 11.1 Å². The van der Waals surface area contributed by atoms with Gasteiger partial charge in [-0.05, 0) is 92.3 Å². The van der Waals surface area contributed by atoms with Gasteiger partial charge in [-0.25, -0.2) is 0 Å². The van der Waals surface area contributed by atoms with Gasteiger partial charge in [0, 0.05) is 17.6 Å². The number of benzene rings is 2. The first-order valence-corrected chi connectivity index (χ1v) is 11.9. The van der Waals surface area contributed by atoms with Gasteiger partial charge in [-0.2, -0.15) is 5.26 Å². The predicted octanol–water partition coefficient (Wildman–Crippen LogP) is 8.07. The number of hydrogen-bond donors (Lipinski definition) is 0. The molecule has 0 N–H and O–H groups in total. The normalized spacial score (nSPS) is 15.5. The van der Waals surface area contributed by atoms with Crippen LogP contribution in [-0.4, -0.2) is 13.1 Å². The molecule has 0 radical (unpaired) electrons. The maximum absolute atomic E-state index is 9.96. The van der Waals surface area contributed by atoms with Crippen molar-refractivity contribution in [2.75, 3.05) is 18.0 Å². The van der Waals surface area contributed by atoms with Crippen molar-refractivity contribution in [3.8, 4) is 17.2 Å². The van der Waals surface area contributed by atoms with Crippen molar-refractivity contribution < 1.29 is 0 Å². The fraction of sp³-hybridized carbons (Fsp3) is 0.444. The molecule has 2 aromatic carbocycles. The van der Waals surface area contributed by atoms with E-state index in [-0.39, 0.29) is 0 Å². The SMILES string of the molecule is CC(C)=CCC[C@H](C)c1cc(C#N)c(N2CCC(C)CC2)cc1-c1ccc(Br)cc1. The fourth-order valence-corrected chi connectivity index (χ4v) is 4.53. The molecule has 2 aromatic rings. The first kappa shape index (κ1) is 22.6. The standard InChI is InChI=1S/C27H33BrN2/c1-19(2)6-5-7-21(4)25-16-23(18-29)27(30-14-12-20(3)13-15-30)17-26(25)22-8-10-24(28)11-9-22/h6,8-11,16-17,20-21H,5,7,12-15H2,1-4H3/t21-/m0/s1. The Morgan fingerprint density at radius 1 is 1.20 bits per heavy atom. The Morgan fingerprint density at radius 2 is 1.87 bits per heavy atom. The lowest BCUT2D eigenvalue weighted by Gasteiger charge is -2.33. The summed E-state index contributed by atoms with van der Waals surface area (Å²) in [6.45, 7) is 11.0. The highest BCUT2D eigenvalue weighted by Gasteiger charge is 2.22. The molecule has 1 atom stereocenters. The molecule has 0 unspecified atom stereocenters. The molecule has 1 aliphatic rings. The highest BCUT2D eigenvalue weighted by molar-refractivity contribution is 9.10. The van der Waals surface area contributed by atoms with Gasteiger partial charge in [0.25, 0.3) is 0 Å². The number of nitrogens with zero attached hydrogens (tertiary/aromatic N) is 2. The van der Waals surface area contributed by atoms with Gasteiger partial charge in [0.1, 0.15) is 6.07 Å². The van der Waals surface area contributed by atoms with Crippen LogP contribution in [0.5, 0.6) is 0 Å². The lowest BCUT2D eigenvalue weighted by Crippen LogP contribution is -2.33. The highest BCUT2D eigenvalue weighted by atomic mass is 79.9. The summed E-state index contributed by atoms with van der Waals surface area (Å²) in [7, 11) is 0. The van der Waals surface area contributed by atoms with E-state index < -0.39 is 0 Å². The Bertz CT molecular complexity index is 925. The van der Waals surface area contributed by atoms with E-state index in [0.717, 1.165) is 47.6 Å². The van der Waals surface area contributed by atoms with E-state index in [4.69, 9.17) is 0 Å². The van der Waals surface area contributed by atoms with Crippen molar-refractivity contribution in [2.45, 2.75) is 59.3 Å². The minimum absolute atomic E-state index is 0.391. The van der Waals surface area contributed by atoms with Gasteiger partial charge >= 0.3 is 0 Å². The van der Waals surface area contributed by atoms with Crippen molar-refractivity contribution >= 4 is 21.6 Å². The molecule has 0 bridgehead atoms. The van der Waals surface area contributed by atoms with Crippen molar-refractivity contribution in [1.29, 1.82) is 5.26 Å². The minimum Gasteiger partial charge on any atom is -0.370 e. The third kappa shape index (κ3) is 5.55. The van der Waals surface area contributed by atoms with Gasteiger partial charge in [0.15, 0.2) is 0 Å². The molecule has 3 heteroatoms. The average Bonchev–Trinajstić information content (AvgIpc) is 2.73. The quantitative estimate of drug-likeness (QED) is 0.403. The predicted molar refractivity (Wildman–Crippen MR) is 132 cm³/mol. The summed E-state index contributed by atoms with van der Waals surface area (Å²) in [6.07, 6.45) is 6.85. The second-order valence-corrected chi connectivity index (χ2v) is 9.92. The van der Waals surface area contributed by atoms with Crippen LogP contribution in [-0.2, 0) is 0 Å². The van der Waals surface area contributed by atoms with Crippen molar-refractivity contribution in [3.05, 3.63) is 63.6 Å². The molecule has 0 spiro atoms. The molecule has 1 aliphatic heterocycles. The molecule has 0 aliphatic carbocycles. The Hall–Kier alpha value is -2.05. The van der Waals surface area contributed by atoms with Gasteiger partial charge in [-0.15, -0.1) is 0 Å². The van der Waals surface area contributed by atoms with E-state index in [9.17, 15) is 5.26 Å². The maximum atomic E-state index is 9.96. The molecule has 1 fully saturated rings. The number of nitriles is 1. The number of anilines is 1. The summed E-state index contributed by atoms with van der Waals surface area (Å²) in [6, 6.07) is 15.5. The number of hydrogen-bond acceptors (Lipinski definition) is 2. The highest BCUT2D eigenvalue weighted by Crippen LogP contribution is 2.38. The lowest BCUT2D eigenvalue weighted by atomic mass is 9.86. The summed E-state index contributed by atoms with van der Waals surface area (Å²) in [5, 5.41) is 9.96. The van der Waals surface area contributed by atoms with Crippen molar-refractivity contribution in [3.63, 3.8) is 0 Å². The largest absolute Gasteiger partial charge is 0.370 e. The van der Waals surface area contributed by atoms with E-state index in [0.29, 0.717) is 5.92 Å². The Morgan fingerprint density at radius 3 is 2.47 bits per heavy atom. The molecule has 2 nitrogen and oxygen atoms in total. The molecule has 0 aromatic heterocycles. The van der Waals surface area contributed by atoms with Crippen LogP contribution < -0.4 is 4.90 Å². The lowest BCUT2D eigenvalue weighted by molar-refractivity contribution is 0.438. The number of rotatable bonds is 6. The van der Waals surface area contributed by atoms with E-state index >= 15 is 0 Å². The van der Waals surface area contributed by atoms with Gasteiger partial charge < -0.3 is 4.90 Å². The first-order valence-electron chi connectivity index (χ1n) is 11.1. The molecule has 0 saturated carbocycles. The number of piperidine rings is 1. The third-order valence-corrected chi connectivity index (χ3v) is 6.78. The maximum Gasteiger partial charge on any atom is 0.101 e. The average molecular weight is 465 g/mol. The number of halogens is 1. The van der Waals surface area contributed by atoms with E-state index in [1.807, 2.05) is 0 Å². The molecule has 1 saturated heterocycles. The van der Waals surface area contributed by atoms with E-state index in [2.05, 4.69) is 97.1 Å². The van der Waals surface area contributed by atoms with Crippen molar-refractivity contribution in [2.24, 2.45) is 5.92 Å². The Kier molecular flexibility index (Phi) is 7.78. The first-order chi connectivity index (χ1) is 14.4. The van der Waals surface area contributed by atoms with E-state index in [1.165, 1.54) is 35.1 Å². The van der Waals surface area contributed by atoms with Crippen LogP contribution in [0.15, 0.2) is 52.5 Å². The zero-order valence-corrected chi connectivity index (χ0v) is 20.3. The monoisotopic (exact) mass is 464 g/mol. The van der Waals surface area contributed by atoms with Gasteiger partial charge in [0.05, 0.1) is 11.3 Å². The zero-order valence-electron chi connectivity index (χ0n) is 18.7.